The molecule has 1 aliphatic heterocycles. The van der Waals surface area contributed by atoms with Gasteiger partial charge in [-0.1, -0.05) is 0 Å². The number of carbonyl (C=O) groups is 1. The van der Waals surface area contributed by atoms with E-state index in [-0.39, 0.29) is 23.8 Å². The molecule has 23 heavy (non-hydrogen) atoms. The lowest BCUT2D eigenvalue weighted by Gasteiger charge is -2.13. The maximum absolute atomic E-state index is 13.6. The van der Waals surface area contributed by atoms with Crippen LogP contribution in [0.4, 0.5) is 4.39 Å². The number of fused-ring (bicyclic) bond motifs is 2. The first-order valence-corrected chi connectivity index (χ1v) is 7.32. The molecule has 7 nitrogen and oxygen atoms in total. The van der Waals surface area contributed by atoms with Gasteiger partial charge in [0.15, 0.2) is 0 Å². The molecule has 0 unspecified atom stereocenters. The van der Waals surface area contributed by atoms with Gasteiger partial charge in [0.25, 0.3) is 5.91 Å². The third kappa shape index (κ3) is 2.41. The fourth-order valence-corrected chi connectivity index (χ4v) is 2.61. The molecule has 3 aromatic heterocycles. The van der Waals surface area contributed by atoms with Gasteiger partial charge in [0, 0.05) is 25.2 Å². The lowest BCUT2D eigenvalue weighted by Crippen LogP contribution is -2.25. The Morgan fingerprint density at radius 2 is 2.39 bits per heavy atom. The van der Waals surface area contributed by atoms with Gasteiger partial charge in [0.1, 0.15) is 11.3 Å². The van der Waals surface area contributed by atoms with Crippen molar-refractivity contribution in [3.8, 4) is 5.88 Å². The van der Waals surface area contributed by atoms with Gasteiger partial charge in [-0.2, -0.15) is 5.10 Å². The number of hydrogen-bond acceptors (Lipinski definition) is 4. The van der Waals surface area contributed by atoms with E-state index in [0.717, 1.165) is 13.0 Å². The maximum Gasteiger partial charge on any atom is 0.287 e. The summed E-state index contributed by atoms with van der Waals surface area (Å²) in [6.45, 7) is 1.75. The molecule has 8 heteroatoms. The number of rotatable bonds is 3. The smallest absolute Gasteiger partial charge is 0.287 e. The third-order valence-corrected chi connectivity index (χ3v) is 3.71. The van der Waals surface area contributed by atoms with Crippen molar-refractivity contribution in [3.05, 3.63) is 47.9 Å². The standard InChI is InChI=1S/C15H14FN5O2/c16-11-3-1-4-20-12(11)9-17-14(20)15(22)18-8-10-7-13-21(19-10)5-2-6-23-13/h1,3-4,7,9H,2,5-6,8H2,(H,18,22). The molecular weight excluding hydrogens is 301 g/mol. The minimum atomic E-state index is -0.419. The minimum absolute atomic E-state index is 0.139. The van der Waals surface area contributed by atoms with Crippen molar-refractivity contribution in [2.75, 3.05) is 6.61 Å². The van der Waals surface area contributed by atoms with Gasteiger partial charge in [-0.3, -0.25) is 9.20 Å². The molecular formula is C15H14FN5O2. The molecule has 0 radical (unpaired) electrons. The van der Waals surface area contributed by atoms with E-state index in [9.17, 15) is 9.18 Å². The van der Waals surface area contributed by atoms with E-state index in [2.05, 4.69) is 15.4 Å². The summed E-state index contributed by atoms with van der Waals surface area (Å²) in [5, 5.41) is 7.12. The zero-order valence-corrected chi connectivity index (χ0v) is 12.2. The second-order valence-corrected chi connectivity index (χ2v) is 5.27. The van der Waals surface area contributed by atoms with Crippen LogP contribution >= 0.6 is 0 Å². The molecule has 0 spiro atoms. The Hall–Kier alpha value is -2.90. The van der Waals surface area contributed by atoms with Crippen molar-refractivity contribution in [3.63, 3.8) is 0 Å². The van der Waals surface area contributed by atoms with E-state index in [1.165, 1.54) is 22.7 Å². The number of ether oxygens (including phenoxy) is 1. The topological polar surface area (TPSA) is 73.5 Å². The molecule has 0 bridgehead atoms. The predicted molar refractivity (Wildman–Crippen MR) is 78.7 cm³/mol. The highest BCUT2D eigenvalue weighted by molar-refractivity contribution is 5.91. The zero-order chi connectivity index (χ0) is 15.8. The predicted octanol–water partition coefficient (Wildman–Crippen LogP) is 1.38. The fourth-order valence-electron chi connectivity index (χ4n) is 2.61. The van der Waals surface area contributed by atoms with Crippen molar-refractivity contribution >= 4 is 11.4 Å². The van der Waals surface area contributed by atoms with Gasteiger partial charge in [-0.05, 0) is 12.1 Å². The molecule has 0 fully saturated rings. The first kappa shape index (κ1) is 13.7. The van der Waals surface area contributed by atoms with Crippen LogP contribution in [0.5, 0.6) is 5.88 Å². The summed E-state index contributed by atoms with van der Waals surface area (Å²) in [4.78, 5) is 16.3. The van der Waals surface area contributed by atoms with Crippen LogP contribution in [0.15, 0.2) is 30.6 Å². The number of imidazole rings is 1. The number of carbonyl (C=O) groups excluding carboxylic acids is 1. The van der Waals surface area contributed by atoms with E-state index in [0.29, 0.717) is 18.2 Å². The Kier molecular flexibility index (Phi) is 3.22. The van der Waals surface area contributed by atoms with Crippen LogP contribution in [0, 0.1) is 5.82 Å². The average Bonchev–Trinajstić information content (AvgIpc) is 3.17. The number of nitrogens with zero attached hydrogens (tertiary/aromatic N) is 4. The second kappa shape index (κ2) is 5.38. The van der Waals surface area contributed by atoms with Crippen LogP contribution in [-0.4, -0.2) is 31.7 Å². The van der Waals surface area contributed by atoms with Crippen LogP contribution in [0.25, 0.3) is 5.52 Å². The Morgan fingerprint density at radius 3 is 3.26 bits per heavy atom. The monoisotopic (exact) mass is 315 g/mol. The first-order valence-electron chi connectivity index (χ1n) is 7.32. The number of halogens is 1. The highest BCUT2D eigenvalue weighted by Crippen LogP contribution is 2.18. The van der Waals surface area contributed by atoms with Gasteiger partial charge in [-0.25, -0.2) is 14.1 Å². The summed E-state index contributed by atoms with van der Waals surface area (Å²) in [5.41, 5.74) is 0.978. The Labute approximate surface area is 130 Å². The van der Waals surface area contributed by atoms with Gasteiger partial charge in [0.2, 0.25) is 11.7 Å². The van der Waals surface area contributed by atoms with Crippen LogP contribution < -0.4 is 10.1 Å². The summed E-state index contributed by atoms with van der Waals surface area (Å²) >= 11 is 0. The normalized spacial score (nSPS) is 13.6. The molecule has 0 saturated heterocycles. The summed E-state index contributed by atoms with van der Waals surface area (Å²) in [5.74, 6) is 0.0500. The summed E-state index contributed by atoms with van der Waals surface area (Å²) < 4.78 is 22.3. The Balaban J connectivity index is 1.51. The molecule has 1 N–H and O–H groups in total. The lowest BCUT2D eigenvalue weighted by molar-refractivity contribution is 0.0939. The molecule has 118 valence electrons. The molecule has 0 saturated carbocycles. The molecule has 0 aliphatic carbocycles. The van der Waals surface area contributed by atoms with Crippen LogP contribution in [-0.2, 0) is 13.1 Å². The molecule has 1 amide bonds. The third-order valence-electron chi connectivity index (χ3n) is 3.71. The van der Waals surface area contributed by atoms with Crippen molar-refractivity contribution in [2.24, 2.45) is 0 Å². The quantitative estimate of drug-likeness (QED) is 0.792. The van der Waals surface area contributed by atoms with Crippen molar-refractivity contribution in [1.29, 1.82) is 0 Å². The number of amides is 1. The molecule has 4 rings (SSSR count). The summed E-state index contributed by atoms with van der Waals surface area (Å²) in [6.07, 6.45) is 3.86. The average molecular weight is 315 g/mol. The van der Waals surface area contributed by atoms with E-state index >= 15 is 0 Å². The first-order chi connectivity index (χ1) is 11.2. The van der Waals surface area contributed by atoms with Crippen molar-refractivity contribution in [1.82, 2.24) is 24.5 Å². The molecule has 4 heterocycles. The fraction of sp³-hybridized carbons (Fsp3) is 0.267. The van der Waals surface area contributed by atoms with Gasteiger partial charge in [0.05, 0.1) is 25.0 Å². The summed E-state index contributed by atoms with van der Waals surface area (Å²) in [6, 6.07) is 4.67. The lowest BCUT2D eigenvalue weighted by atomic mass is 10.4. The SMILES string of the molecule is O=C(NCc1cc2n(n1)CCCO2)c1ncc2c(F)cccn12. The molecule has 1 aliphatic rings. The highest BCUT2D eigenvalue weighted by Gasteiger charge is 2.17. The molecule has 3 aromatic rings. The number of aromatic nitrogens is 4. The van der Waals surface area contributed by atoms with E-state index in [1.54, 1.807) is 10.9 Å². The van der Waals surface area contributed by atoms with E-state index < -0.39 is 5.82 Å². The zero-order valence-electron chi connectivity index (χ0n) is 12.2. The largest absolute Gasteiger partial charge is 0.478 e. The number of aryl methyl sites for hydroxylation is 1. The van der Waals surface area contributed by atoms with Crippen LogP contribution in [0.1, 0.15) is 22.7 Å². The second-order valence-electron chi connectivity index (χ2n) is 5.27. The maximum atomic E-state index is 13.6. The molecule has 0 aromatic carbocycles. The van der Waals surface area contributed by atoms with Crippen LogP contribution in [0.3, 0.4) is 0 Å². The van der Waals surface area contributed by atoms with Crippen molar-refractivity contribution < 1.29 is 13.9 Å². The van der Waals surface area contributed by atoms with Crippen molar-refractivity contribution in [2.45, 2.75) is 19.5 Å². The Bertz CT molecular complexity index is 862. The van der Waals surface area contributed by atoms with E-state index in [4.69, 9.17) is 4.74 Å². The molecule has 0 atom stereocenters. The van der Waals surface area contributed by atoms with Gasteiger partial charge >= 0.3 is 0 Å². The van der Waals surface area contributed by atoms with Gasteiger partial charge in [-0.15, -0.1) is 0 Å². The number of pyridine rings is 1. The summed E-state index contributed by atoms with van der Waals surface area (Å²) in [7, 11) is 0. The highest BCUT2D eigenvalue weighted by atomic mass is 19.1. The van der Waals surface area contributed by atoms with Crippen LogP contribution in [0.2, 0.25) is 0 Å². The minimum Gasteiger partial charge on any atom is -0.478 e. The number of hydrogen-bond donors (Lipinski definition) is 1. The van der Waals surface area contributed by atoms with Gasteiger partial charge < -0.3 is 10.1 Å². The van der Waals surface area contributed by atoms with E-state index in [1.807, 2.05) is 6.07 Å². The number of nitrogens with one attached hydrogen (secondary N) is 1. The Morgan fingerprint density at radius 1 is 1.48 bits per heavy atom.